The number of nitrogens with one attached hydrogen (secondary N) is 1. The summed E-state index contributed by atoms with van der Waals surface area (Å²) in [6.07, 6.45) is -4.97. The number of nitrogens with zero attached hydrogens (tertiary/aromatic N) is 1. The number of anilines is 1. The first kappa shape index (κ1) is 23.6. The van der Waals surface area contributed by atoms with Crippen LogP contribution in [0.4, 0.5) is 18.9 Å². The topological polar surface area (TPSA) is 84.9 Å². The fraction of sp³-hybridized carbons (Fsp3) is 0.278. The first-order valence-corrected chi connectivity index (χ1v) is 10.9. The maximum absolute atomic E-state index is 12.9. The Morgan fingerprint density at radius 3 is 2.39 bits per heavy atom. The van der Waals surface area contributed by atoms with Crippen LogP contribution in [0.15, 0.2) is 41.3 Å². The maximum Gasteiger partial charge on any atom is 0.573 e. The SMILES string of the molecule is O=C(Nc1ccccc1OC(F)(F)F)c1cc(S(=O)(=O)N2CCOCC2)c(Cl)cc1Cl. The molecule has 0 unspecified atom stereocenters. The Morgan fingerprint density at radius 1 is 1.10 bits per heavy atom. The van der Waals surface area contributed by atoms with Crippen LogP contribution in [-0.4, -0.2) is 51.3 Å². The fourth-order valence-electron chi connectivity index (χ4n) is 2.80. The zero-order valence-corrected chi connectivity index (χ0v) is 17.9. The number of ether oxygens (including phenoxy) is 2. The highest BCUT2D eigenvalue weighted by Crippen LogP contribution is 2.33. The second-order valence-corrected chi connectivity index (χ2v) is 9.00. The Labute approximate surface area is 185 Å². The van der Waals surface area contributed by atoms with Crippen LogP contribution < -0.4 is 10.1 Å². The van der Waals surface area contributed by atoms with Crippen LogP contribution in [0.5, 0.6) is 5.75 Å². The summed E-state index contributed by atoms with van der Waals surface area (Å²) in [5, 5.41) is 1.87. The monoisotopic (exact) mass is 498 g/mol. The summed E-state index contributed by atoms with van der Waals surface area (Å²) in [4.78, 5) is 12.4. The van der Waals surface area contributed by atoms with Crippen molar-refractivity contribution < 1.29 is 35.9 Å². The summed E-state index contributed by atoms with van der Waals surface area (Å²) in [6.45, 7) is 0.609. The number of alkyl halides is 3. The van der Waals surface area contributed by atoms with Gasteiger partial charge >= 0.3 is 6.36 Å². The van der Waals surface area contributed by atoms with Gasteiger partial charge in [0.2, 0.25) is 10.0 Å². The van der Waals surface area contributed by atoms with Crippen molar-refractivity contribution in [2.24, 2.45) is 0 Å². The molecule has 0 aromatic heterocycles. The lowest BCUT2D eigenvalue weighted by Crippen LogP contribution is -2.40. The molecule has 0 spiro atoms. The first-order valence-electron chi connectivity index (χ1n) is 8.72. The number of carbonyl (C=O) groups excluding carboxylic acids is 1. The van der Waals surface area contributed by atoms with Crippen molar-refractivity contribution in [1.82, 2.24) is 4.31 Å². The van der Waals surface area contributed by atoms with Crippen molar-refractivity contribution in [2.75, 3.05) is 31.6 Å². The number of morpholine rings is 1. The minimum atomic E-state index is -4.97. The third-order valence-corrected chi connectivity index (χ3v) is 6.89. The molecule has 0 atom stereocenters. The first-order chi connectivity index (χ1) is 14.5. The number of hydrogen-bond acceptors (Lipinski definition) is 5. The van der Waals surface area contributed by atoms with Gasteiger partial charge < -0.3 is 14.8 Å². The van der Waals surface area contributed by atoms with Gasteiger partial charge in [-0.25, -0.2) is 8.42 Å². The predicted molar refractivity (Wildman–Crippen MR) is 107 cm³/mol. The molecular weight excluding hydrogens is 484 g/mol. The van der Waals surface area contributed by atoms with Crippen LogP contribution in [0, 0.1) is 0 Å². The van der Waals surface area contributed by atoms with E-state index >= 15 is 0 Å². The standard InChI is InChI=1S/C18H15Cl2F3N2O5S/c19-12-10-13(20)16(31(27,28)25-5-7-29-8-6-25)9-11(12)17(26)24-14-3-1-2-4-15(14)30-18(21,22)23/h1-4,9-10H,5-8H2,(H,24,26). The third kappa shape index (κ3) is 5.60. The molecule has 1 saturated heterocycles. The Balaban J connectivity index is 1.94. The van der Waals surface area contributed by atoms with Gasteiger partial charge in [-0.2, -0.15) is 4.31 Å². The van der Waals surface area contributed by atoms with Gasteiger partial charge in [-0.1, -0.05) is 35.3 Å². The molecule has 2 aromatic carbocycles. The summed E-state index contributed by atoms with van der Waals surface area (Å²) >= 11 is 12.1. The van der Waals surface area contributed by atoms with Crippen molar-refractivity contribution in [2.45, 2.75) is 11.3 Å². The summed E-state index contributed by atoms with van der Waals surface area (Å²) in [5.41, 5.74) is -0.576. The van der Waals surface area contributed by atoms with E-state index in [4.69, 9.17) is 27.9 Å². The molecule has 7 nitrogen and oxygen atoms in total. The van der Waals surface area contributed by atoms with Gasteiger partial charge in [-0.05, 0) is 24.3 Å². The number of amides is 1. The Morgan fingerprint density at radius 2 is 1.74 bits per heavy atom. The average molecular weight is 499 g/mol. The molecule has 2 aromatic rings. The van der Waals surface area contributed by atoms with Crippen LogP contribution in [0.25, 0.3) is 0 Å². The van der Waals surface area contributed by atoms with Gasteiger partial charge in [0, 0.05) is 13.1 Å². The minimum Gasteiger partial charge on any atom is -0.404 e. The van der Waals surface area contributed by atoms with Crippen LogP contribution in [0.1, 0.15) is 10.4 Å². The zero-order chi connectivity index (χ0) is 22.8. The van der Waals surface area contributed by atoms with Gasteiger partial charge in [0.25, 0.3) is 5.91 Å². The fourth-order valence-corrected chi connectivity index (χ4v) is 5.04. The second-order valence-electron chi connectivity index (χ2n) is 6.28. The highest BCUT2D eigenvalue weighted by molar-refractivity contribution is 7.89. The number of hydrogen-bond donors (Lipinski definition) is 1. The molecular formula is C18H15Cl2F3N2O5S. The van der Waals surface area contributed by atoms with E-state index in [1.807, 2.05) is 0 Å². The Kier molecular flexibility index (Phi) is 7.01. The molecule has 1 aliphatic heterocycles. The smallest absolute Gasteiger partial charge is 0.404 e. The molecule has 1 aliphatic rings. The van der Waals surface area contributed by atoms with Crippen LogP contribution >= 0.6 is 23.2 Å². The highest BCUT2D eigenvalue weighted by atomic mass is 35.5. The number of rotatable bonds is 5. The lowest BCUT2D eigenvalue weighted by atomic mass is 10.2. The summed E-state index contributed by atoms with van der Waals surface area (Å²) < 4.78 is 73.8. The zero-order valence-electron chi connectivity index (χ0n) is 15.6. The van der Waals surface area contributed by atoms with Gasteiger partial charge in [-0.3, -0.25) is 4.79 Å². The molecule has 1 heterocycles. The van der Waals surface area contributed by atoms with E-state index in [9.17, 15) is 26.4 Å². The molecule has 1 fully saturated rings. The number of para-hydroxylation sites is 2. The summed E-state index contributed by atoms with van der Waals surface area (Å²) in [7, 11) is -4.06. The van der Waals surface area contributed by atoms with Gasteiger partial charge in [0.1, 0.15) is 4.90 Å². The summed E-state index contributed by atoms with van der Waals surface area (Å²) in [5.74, 6) is -1.59. The molecule has 0 bridgehead atoms. The van der Waals surface area contributed by atoms with E-state index in [2.05, 4.69) is 10.1 Å². The van der Waals surface area contributed by atoms with Crippen LogP contribution in [-0.2, 0) is 14.8 Å². The van der Waals surface area contributed by atoms with Crippen molar-refractivity contribution in [1.29, 1.82) is 0 Å². The van der Waals surface area contributed by atoms with Crippen molar-refractivity contribution >= 4 is 44.8 Å². The molecule has 0 radical (unpaired) electrons. The van der Waals surface area contributed by atoms with Gasteiger partial charge in [-0.15, -0.1) is 13.2 Å². The number of halogens is 5. The highest BCUT2D eigenvalue weighted by Gasteiger charge is 2.33. The van der Waals surface area contributed by atoms with Crippen LogP contribution in [0.2, 0.25) is 10.0 Å². The molecule has 0 aliphatic carbocycles. The summed E-state index contributed by atoms with van der Waals surface area (Å²) in [6, 6.07) is 6.95. The van der Waals surface area contributed by atoms with E-state index in [-0.39, 0.29) is 52.5 Å². The van der Waals surface area contributed by atoms with Gasteiger partial charge in [0.15, 0.2) is 5.75 Å². The van der Waals surface area contributed by atoms with Crippen molar-refractivity contribution in [3.8, 4) is 5.75 Å². The molecule has 1 amide bonds. The van der Waals surface area contributed by atoms with E-state index < -0.39 is 28.0 Å². The van der Waals surface area contributed by atoms with Gasteiger partial charge in [0.05, 0.1) is 34.5 Å². The maximum atomic E-state index is 12.9. The quantitative estimate of drug-likeness (QED) is 0.668. The molecule has 3 rings (SSSR count). The largest absolute Gasteiger partial charge is 0.573 e. The Bertz CT molecular complexity index is 1090. The molecule has 31 heavy (non-hydrogen) atoms. The molecule has 0 saturated carbocycles. The number of sulfonamides is 1. The van der Waals surface area contributed by atoms with Crippen molar-refractivity contribution in [3.05, 3.63) is 52.0 Å². The van der Waals surface area contributed by atoms with Crippen molar-refractivity contribution in [3.63, 3.8) is 0 Å². The average Bonchev–Trinajstić information content (AvgIpc) is 2.69. The molecule has 13 heteroatoms. The minimum absolute atomic E-state index is 0.102. The Hall–Kier alpha value is -2.05. The number of benzene rings is 2. The second kappa shape index (κ2) is 9.21. The molecule has 1 N–H and O–H groups in total. The lowest BCUT2D eigenvalue weighted by molar-refractivity contribution is -0.274. The van der Waals surface area contributed by atoms with Crippen LogP contribution in [0.3, 0.4) is 0 Å². The van der Waals surface area contributed by atoms with E-state index in [1.165, 1.54) is 18.2 Å². The number of carbonyl (C=O) groups is 1. The lowest BCUT2D eigenvalue weighted by Gasteiger charge is -2.26. The van der Waals surface area contributed by atoms with E-state index in [0.29, 0.717) is 0 Å². The predicted octanol–water partition coefficient (Wildman–Crippen LogP) is 4.17. The van der Waals surface area contributed by atoms with E-state index in [0.717, 1.165) is 22.5 Å². The normalized spacial score (nSPS) is 15.5. The molecule has 168 valence electrons. The van der Waals surface area contributed by atoms with E-state index in [1.54, 1.807) is 0 Å². The third-order valence-electron chi connectivity index (χ3n) is 4.22.